The van der Waals surface area contributed by atoms with Crippen LogP contribution in [0.2, 0.25) is 0 Å². The van der Waals surface area contributed by atoms with Crippen LogP contribution in [0.4, 0.5) is 13.2 Å². The van der Waals surface area contributed by atoms with Crippen LogP contribution in [0.5, 0.6) is 11.5 Å². The number of fused-ring (bicyclic) bond motifs is 1. The van der Waals surface area contributed by atoms with Crippen LogP contribution < -0.4 is 10.1 Å². The van der Waals surface area contributed by atoms with Crippen LogP contribution in [-0.2, 0) is 22.6 Å². The highest BCUT2D eigenvalue weighted by molar-refractivity contribution is 7.90. The highest BCUT2D eigenvalue weighted by atomic mass is 32.2. The molecule has 0 radical (unpaired) electrons. The molecule has 35 heavy (non-hydrogen) atoms. The lowest BCUT2D eigenvalue weighted by Crippen LogP contribution is -2.13. The van der Waals surface area contributed by atoms with Gasteiger partial charge in [0.05, 0.1) is 16.0 Å². The number of pyridine rings is 1. The van der Waals surface area contributed by atoms with Gasteiger partial charge in [0.2, 0.25) is 0 Å². The average molecular weight is 501 g/mol. The first-order valence-corrected chi connectivity index (χ1v) is 12.7. The summed E-state index contributed by atoms with van der Waals surface area (Å²) in [5, 5.41) is 3.59. The predicted molar refractivity (Wildman–Crippen MR) is 129 cm³/mol. The summed E-state index contributed by atoms with van der Waals surface area (Å²) in [6.07, 6.45) is -1.95. The number of alkyl halides is 3. The van der Waals surface area contributed by atoms with Crippen molar-refractivity contribution in [1.82, 2.24) is 10.3 Å². The molecule has 0 spiro atoms. The number of nitrogens with one attached hydrogen (secondary N) is 1. The van der Waals surface area contributed by atoms with Crippen LogP contribution in [0.25, 0.3) is 22.0 Å². The predicted octanol–water partition coefficient (Wildman–Crippen LogP) is 6.23. The van der Waals surface area contributed by atoms with Crippen LogP contribution in [0.3, 0.4) is 0 Å². The largest absolute Gasteiger partial charge is 0.457 e. The van der Waals surface area contributed by atoms with Gasteiger partial charge in [0, 0.05) is 24.4 Å². The zero-order valence-electron chi connectivity index (χ0n) is 19.1. The fraction of sp³-hybridized carbons (Fsp3) is 0.192. The second-order valence-electron chi connectivity index (χ2n) is 8.02. The highest BCUT2D eigenvalue weighted by Gasteiger charge is 2.33. The van der Waals surface area contributed by atoms with Crippen molar-refractivity contribution >= 4 is 20.7 Å². The van der Waals surface area contributed by atoms with Gasteiger partial charge in [-0.3, -0.25) is 4.98 Å². The van der Waals surface area contributed by atoms with Crippen molar-refractivity contribution in [2.45, 2.75) is 24.5 Å². The van der Waals surface area contributed by atoms with Gasteiger partial charge in [-0.2, -0.15) is 13.2 Å². The fourth-order valence-electron chi connectivity index (χ4n) is 3.85. The smallest absolute Gasteiger partial charge is 0.418 e. The van der Waals surface area contributed by atoms with Gasteiger partial charge in [-0.15, -0.1) is 0 Å². The Hall–Kier alpha value is -3.43. The number of hydrogen-bond acceptors (Lipinski definition) is 5. The molecule has 182 valence electrons. The van der Waals surface area contributed by atoms with Crippen LogP contribution in [-0.4, -0.2) is 26.2 Å². The number of hydrogen-bond donors (Lipinski definition) is 1. The van der Waals surface area contributed by atoms with Gasteiger partial charge in [0.25, 0.3) is 0 Å². The molecule has 0 unspecified atom stereocenters. The second-order valence-corrected chi connectivity index (χ2v) is 10.0. The van der Waals surface area contributed by atoms with Crippen molar-refractivity contribution in [3.63, 3.8) is 0 Å². The normalized spacial score (nSPS) is 12.1. The fourth-order valence-corrected chi connectivity index (χ4v) is 4.50. The zero-order chi connectivity index (χ0) is 25.2. The number of para-hydroxylation sites is 1. The Balaban J connectivity index is 1.84. The van der Waals surface area contributed by atoms with Crippen molar-refractivity contribution in [3.05, 3.63) is 84.1 Å². The van der Waals surface area contributed by atoms with Gasteiger partial charge in [0.1, 0.15) is 11.5 Å². The van der Waals surface area contributed by atoms with Gasteiger partial charge in [0.15, 0.2) is 9.84 Å². The van der Waals surface area contributed by atoms with E-state index in [9.17, 15) is 21.6 Å². The van der Waals surface area contributed by atoms with Crippen LogP contribution in [0.1, 0.15) is 18.1 Å². The van der Waals surface area contributed by atoms with Crippen molar-refractivity contribution in [2.75, 3.05) is 12.8 Å². The van der Waals surface area contributed by atoms with Crippen LogP contribution in [0.15, 0.2) is 77.8 Å². The quantitative estimate of drug-likeness (QED) is 0.326. The van der Waals surface area contributed by atoms with E-state index >= 15 is 0 Å². The molecule has 0 saturated carbocycles. The summed E-state index contributed by atoms with van der Waals surface area (Å²) in [6.45, 7) is 3.04. The van der Waals surface area contributed by atoms with Crippen LogP contribution >= 0.6 is 0 Å². The maximum absolute atomic E-state index is 13.7. The lowest BCUT2D eigenvalue weighted by molar-refractivity contribution is -0.136. The molecule has 4 aromatic rings. The van der Waals surface area contributed by atoms with E-state index in [1.165, 1.54) is 24.4 Å². The molecule has 4 rings (SSSR count). The number of benzene rings is 3. The standard InChI is InChI=1S/C26H23F3N2O3S/c1-3-30-15-18-16-31-25-22(11-6-12-23(25)26(27,28)29)24(18)17-7-4-8-19(13-17)34-20-9-5-10-21(14-20)35(2,32)33/h4-14,16,30H,3,15H2,1-2H3. The van der Waals surface area contributed by atoms with E-state index in [0.717, 1.165) is 17.9 Å². The van der Waals surface area contributed by atoms with Crippen molar-refractivity contribution in [3.8, 4) is 22.6 Å². The average Bonchev–Trinajstić information content (AvgIpc) is 2.81. The summed E-state index contributed by atoms with van der Waals surface area (Å²) in [5.74, 6) is 0.747. The lowest BCUT2D eigenvalue weighted by Gasteiger charge is -2.17. The SMILES string of the molecule is CCNCc1cnc2c(C(F)(F)F)cccc2c1-c1cccc(Oc2cccc(S(C)(=O)=O)c2)c1. The Morgan fingerprint density at radius 3 is 2.34 bits per heavy atom. The first kappa shape index (κ1) is 24.7. The van der Waals surface area contributed by atoms with Gasteiger partial charge in [-0.25, -0.2) is 8.42 Å². The van der Waals surface area contributed by atoms with Crippen LogP contribution in [0, 0.1) is 0 Å². The van der Waals surface area contributed by atoms with E-state index in [0.29, 0.717) is 41.1 Å². The van der Waals surface area contributed by atoms with Gasteiger partial charge >= 0.3 is 6.18 Å². The molecular weight excluding hydrogens is 477 g/mol. The minimum absolute atomic E-state index is 0.123. The van der Waals surface area contributed by atoms with Gasteiger partial charge in [-0.1, -0.05) is 37.3 Å². The first-order chi connectivity index (χ1) is 16.6. The van der Waals surface area contributed by atoms with E-state index in [2.05, 4.69) is 10.3 Å². The molecule has 5 nitrogen and oxygen atoms in total. The minimum Gasteiger partial charge on any atom is -0.457 e. The third-order valence-corrected chi connectivity index (χ3v) is 6.55. The molecule has 1 N–H and O–H groups in total. The molecule has 0 aliphatic rings. The molecule has 0 amide bonds. The molecule has 1 aromatic heterocycles. The third-order valence-electron chi connectivity index (χ3n) is 5.44. The topological polar surface area (TPSA) is 68.3 Å². The van der Waals surface area contributed by atoms with Crippen molar-refractivity contribution in [2.24, 2.45) is 0 Å². The number of rotatable bonds is 7. The number of halogens is 3. The summed E-state index contributed by atoms with van der Waals surface area (Å²) in [4.78, 5) is 4.29. The third kappa shape index (κ3) is 5.47. The molecule has 1 heterocycles. The molecule has 0 saturated heterocycles. The number of ether oxygens (including phenoxy) is 1. The summed E-state index contributed by atoms with van der Waals surface area (Å²) in [6, 6.07) is 17.1. The maximum atomic E-state index is 13.7. The maximum Gasteiger partial charge on any atom is 0.418 e. The van der Waals surface area contributed by atoms with E-state index in [1.807, 2.05) is 6.92 Å². The summed E-state index contributed by atoms with van der Waals surface area (Å²) >= 11 is 0. The molecule has 0 fully saturated rings. The van der Waals surface area contributed by atoms with E-state index in [4.69, 9.17) is 4.74 Å². The summed E-state index contributed by atoms with van der Waals surface area (Å²) in [5.41, 5.74) is 1.10. The van der Waals surface area contributed by atoms with Gasteiger partial charge in [-0.05, 0) is 59.6 Å². The molecule has 9 heteroatoms. The van der Waals surface area contributed by atoms with Gasteiger partial charge < -0.3 is 10.1 Å². The van der Waals surface area contributed by atoms with Crippen molar-refractivity contribution in [1.29, 1.82) is 0 Å². The first-order valence-electron chi connectivity index (χ1n) is 10.8. The Morgan fingerprint density at radius 2 is 1.66 bits per heavy atom. The molecule has 0 aliphatic carbocycles. The Labute approximate surface area is 201 Å². The Kier molecular flexibility index (Phi) is 6.82. The number of aromatic nitrogens is 1. The Morgan fingerprint density at radius 1 is 0.971 bits per heavy atom. The number of nitrogens with zero attached hydrogens (tertiary/aromatic N) is 1. The molecule has 3 aromatic carbocycles. The Bertz CT molecular complexity index is 1490. The second kappa shape index (κ2) is 9.67. The number of sulfone groups is 1. The molecule has 0 bridgehead atoms. The highest BCUT2D eigenvalue weighted by Crippen LogP contribution is 2.39. The zero-order valence-corrected chi connectivity index (χ0v) is 19.9. The molecular formula is C26H23F3N2O3S. The van der Waals surface area contributed by atoms with E-state index < -0.39 is 21.6 Å². The monoisotopic (exact) mass is 500 g/mol. The molecule has 0 atom stereocenters. The summed E-state index contributed by atoms with van der Waals surface area (Å²) in [7, 11) is -3.41. The van der Waals surface area contributed by atoms with E-state index in [-0.39, 0.29) is 10.4 Å². The molecule has 0 aliphatic heterocycles. The van der Waals surface area contributed by atoms with Crippen molar-refractivity contribution < 1.29 is 26.3 Å². The summed E-state index contributed by atoms with van der Waals surface area (Å²) < 4.78 is 70.7. The lowest BCUT2D eigenvalue weighted by atomic mass is 9.94. The van der Waals surface area contributed by atoms with E-state index in [1.54, 1.807) is 42.5 Å². The minimum atomic E-state index is -4.54.